The summed E-state index contributed by atoms with van der Waals surface area (Å²) in [7, 11) is 1.61. The summed E-state index contributed by atoms with van der Waals surface area (Å²) >= 11 is 0. The molecule has 2 aromatic heterocycles. The number of nitrogens with one attached hydrogen (secondary N) is 2. The molecular formula is C28H29N5O2. The second-order valence-corrected chi connectivity index (χ2v) is 9.06. The van der Waals surface area contributed by atoms with Gasteiger partial charge >= 0.3 is 0 Å². The number of carbonyl (C=O) groups is 1. The van der Waals surface area contributed by atoms with Gasteiger partial charge in [0, 0.05) is 35.2 Å². The first kappa shape index (κ1) is 22.9. The predicted octanol–water partition coefficient (Wildman–Crippen LogP) is 4.60. The van der Waals surface area contributed by atoms with Crippen LogP contribution in [0.25, 0.3) is 21.8 Å². The van der Waals surface area contributed by atoms with Crippen LogP contribution in [0.3, 0.4) is 0 Å². The molecule has 1 aliphatic heterocycles. The lowest BCUT2D eigenvalue weighted by Crippen LogP contribution is -2.35. The Bertz CT molecular complexity index is 1400. The van der Waals surface area contributed by atoms with Gasteiger partial charge in [0.25, 0.3) is 5.91 Å². The number of hydrogen-bond donors (Lipinski definition) is 2. The molecule has 2 N–H and O–H groups in total. The molecule has 4 aromatic rings. The van der Waals surface area contributed by atoms with Crippen LogP contribution in [0.1, 0.15) is 46.7 Å². The van der Waals surface area contributed by atoms with Crippen LogP contribution in [-0.2, 0) is 0 Å². The quantitative estimate of drug-likeness (QED) is 0.388. The number of piperidine rings is 1. The fraction of sp³-hybridized carbons (Fsp3) is 0.321. The lowest BCUT2D eigenvalue weighted by molar-refractivity contribution is 0.0952. The van der Waals surface area contributed by atoms with Gasteiger partial charge in [-0.15, -0.1) is 0 Å². The van der Waals surface area contributed by atoms with Crippen molar-refractivity contribution in [3.63, 3.8) is 0 Å². The van der Waals surface area contributed by atoms with E-state index >= 15 is 0 Å². The van der Waals surface area contributed by atoms with E-state index in [0.29, 0.717) is 34.9 Å². The van der Waals surface area contributed by atoms with Crippen LogP contribution in [-0.4, -0.2) is 54.1 Å². The van der Waals surface area contributed by atoms with Crippen molar-refractivity contribution >= 4 is 27.7 Å². The van der Waals surface area contributed by atoms with E-state index in [0.717, 1.165) is 49.8 Å². The first-order valence-electron chi connectivity index (χ1n) is 12.1. The zero-order valence-corrected chi connectivity index (χ0v) is 19.9. The Kier molecular flexibility index (Phi) is 6.64. The molecule has 0 radical (unpaired) electrons. The zero-order valence-electron chi connectivity index (χ0n) is 19.9. The van der Waals surface area contributed by atoms with Crippen molar-refractivity contribution < 1.29 is 9.53 Å². The predicted molar refractivity (Wildman–Crippen MR) is 137 cm³/mol. The van der Waals surface area contributed by atoms with Gasteiger partial charge in [-0.05, 0) is 74.6 Å². The molecule has 7 heteroatoms. The molecular weight excluding hydrogens is 438 g/mol. The Labute approximate surface area is 204 Å². The molecule has 7 nitrogen and oxygen atoms in total. The number of hydrogen-bond acceptors (Lipinski definition) is 5. The van der Waals surface area contributed by atoms with Gasteiger partial charge in [0.05, 0.1) is 24.3 Å². The fourth-order valence-corrected chi connectivity index (χ4v) is 5.14. The summed E-state index contributed by atoms with van der Waals surface area (Å²) in [5.74, 6) is 1.12. The molecule has 3 heterocycles. The number of carbonyl (C=O) groups excluding carboxylic acids is 1. The van der Waals surface area contributed by atoms with Crippen molar-refractivity contribution in [3.05, 3.63) is 71.5 Å². The van der Waals surface area contributed by atoms with E-state index < -0.39 is 0 Å². The molecule has 1 saturated heterocycles. The standard InChI is InChI=1S/C28H29N5O2/c1-35-26-5-2-4-22-23(8-12-30-27(22)26)28(34)31-11-3-13-33-14-9-20(10-15-33)24-18-32-25-16-19(17-29)6-7-21(24)25/h2,4-8,12,16,18,20,32H,3,9-11,13-15H2,1H3,(H,31,34). The van der Waals surface area contributed by atoms with E-state index in [-0.39, 0.29) is 5.91 Å². The van der Waals surface area contributed by atoms with Gasteiger partial charge in [-0.3, -0.25) is 9.78 Å². The number of amides is 1. The Balaban J connectivity index is 1.11. The number of benzene rings is 2. The van der Waals surface area contributed by atoms with Gasteiger partial charge in [-0.25, -0.2) is 0 Å². The van der Waals surface area contributed by atoms with Gasteiger partial charge in [-0.2, -0.15) is 5.26 Å². The lowest BCUT2D eigenvalue weighted by Gasteiger charge is -2.32. The monoisotopic (exact) mass is 467 g/mol. The minimum absolute atomic E-state index is 0.0803. The molecule has 2 aromatic carbocycles. The lowest BCUT2D eigenvalue weighted by atomic mass is 9.89. The molecule has 0 unspecified atom stereocenters. The van der Waals surface area contributed by atoms with Crippen molar-refractivity contribution in [1.82, 2.24) is 20.2 Å². The molecule has 35 heavy (non-hydrogen) atoms. The Morgan fingerprint density at radius 2 is 2.09 bits per heavy atom. The first-order chi connectivity index (χ1) is 17.2. The maximum absolute atomic E-state index is 12.8. The van der Waals surface area contributed by atoms with Crippen LogP contribution in [0.5, 0.6) is 5.75 Å². The smallest absolute Gasteiger partial charge is 0.252 e. The summed E-state index contributed by atoms with van der Waals surface area (Å²) in [6, 6.07) is 15.5. The maximum Gasteiger partial charge on any atom is 0.252 e. The number of aromatic nitrogens is 2. The summed E-state index contributed by atoms with van der Waals surface area (Å²) in [5.41, 5.74) is 4.40. The third kappa shape index (κ3) is 4.71. The molecule has 0 atom stereocenters. The maximum atomic E-state index is 12.8. The number of nitriles is 1. The molecule has 0 spiro atoms. The second kappa shape index (κ2) is 10.2. The highest BCUT2D eigenvalue weighted by Crippen LogP contribution is 2.33. The number of ether oxygens (including phenoxy) is 1. The molecule has 5 rings (SSSR count). The van der Waals surface area contributed by atoms with Crippen LogP contribution in [0.2, 0.25) is 0 Å². The van der Waals surface area contributed by atoms with E-state index in [1.165, 1.54) is 10.9 Å². The van der Waals surface area contributed by atoms with Crippen LogP contribution in [0.15, 0.2) is 54.9 Å². The number of fused-ring (bicyclic) bond motifs is 2. The van der Waals surface area contributed by atoms with Crippen LogP contribution in [0.4, 0.5) is 0 Å². The van der Waals surface area contributed by atoms with E-state index in [4.69, 9.17) is 10.00 Å². The molecule has 0 bridgehead atoms. The highest BCUT2D eigenvalue weighted by Gasteiger charge is 2.22. The van der Waals surface area contributed by atoms with Crippen LogP contribution in [0, 0.1) is 11.3 Å². The highest BCUT2D eigenvalue weighted by molar-refractivity contribution is 6.07. The summed E-state index contributed by atoms with van der Waals surface area (Å²) in [6.07, 6.45) is 6.90. The Morgan fingerprint density at radius 1 is 1.23 bits per heavy atom. The van der Waals surface area contributed by atoms with E-state index in [1.54, 1.807) is 19.4 Å². The third-order valence-corrected chi connectivity index (χ3v) is 7.01. The van der Waals surface area contributed by atoms with Crippen LogP contribution < -0.4 is 10.1 Å². The molecule has 1 aliphatic rings. The summed E-state index contributed by atoms with van der Waals surface area (Å²) < 4.78 is 5.38. The second-order valence-electron chi connectivity index (χ2n) is 9.06. The number of aromatic amines is 1. The number of H-pyrrole nitrogens is 1. The molecule has 0 saturated carbocycles. The number of pyridine rings is 1. The zero-order chi connectivity index (χ0) is 24.2. The number of para-hydroxylation sites is 1. The summed E-state index contributed by atoms with van der Waals surface area (Å²) in [5, 5.41) is 14.2. The van der Waals surface area contributed by atoms with Crippen molar-refractivity contribution in [3.8, 4) is 11.8 Å². The molecule has 1 amide bonds. The van der Waals surface area contributed by atoms with Gasteiger partial charge in [0.15, 0.2) is 0 Å². The van der Waals surface area contributed by atoms with Gasteiger partial charge in [-0.1, -0.05) is 18.2 Å². The Hall–Kier alpha value is -3.89. The van der Waals surface area contributed by atoms with E-state index in [1.807, 2.05) is 30.3 Å². The summed E-state index contributed by atoms with van der Waals surface area (Å²) in [4.78, 5) is 23.0. The minimum atomic E-state index is -0.0803. The van der Waals surface area contributed by atoms with Gasteiger partial charge in [0.2, 0.25) is 0 Å². The number of rotatable bonds is 7. The number of nitrogens with zero attached hydrogens (tertiary/aromatic N) is 3. The number of likely N-dealkylation sites (tertiary alicyclic amines) is 1. The summed E-state index contributed by atoms with van der Waals surface area (Å²) in [6.45, 7) is 3.71. The highest BCUT2D eigenvalue weighted by atomic mass is 16.5. The van der Waals surface area contributed by atoms with E-state index in [9.17, 15) is 4.79 Å². The average Bonchev–Trinajstić information content (AvgIpc) is 3.33. The van der Waals surface area contributed by atoms with Crippen LogP contribution >= 0.6 is 0 Å². The fourth-order valence-electron chi connectivity index (χ4n) is 5.14. The first-order valence-corrected chi connectivity index (χ1v) is 12.1. The Morgan fingerprint density at radius 3 is 2.89 bits per heavy atom. The average molecular weight is 468 g/mol. The van der Waals surface area contributed by atoms with Crippen molar-refractivity contribution in [2.45, 2.75) is 25.2 Å². The molecule has 178 valence electrons. The largest absolute Gasteiger partial charge is 0.494 e. The van der Waals surface area contributed by atoms with Gasteiger partial charge in [0.1, 0.15) is 11.3 Å². The van der Waals surface area contributed by atoms with E-state index in [2.05, 4.69) is 38.5 Å². The minimum Gasteiger partial charge on any atom is -0.494 e. The van der Waals surface area contributed by atoms with Crippen molar-refractivity contribution in [1.29, 1.82) is 5.26 Å². The van der Waals surface area contributed by atoms with Gasteiger partial charge < -0.3 is 19.9 Å². The molecule has 1 fully saturated rings. The third-order valence-electron chi connectivity index (χ3n) is 7.01. The SMILES string of the molecule is COc1cccc2c(C(=O)NCCCN3CCC(c4c[nH]c5cc(C#N)ccc45)CC3)ccnc12. The number of methoxy groups -OCH3 is 1. The normalized spacial score (nSPS) is 14.7. The van der Waals surface area contributed by atoms with Crippen molar-refractivity contribution in [2.24, 2.45) is 0 Å². The van der Waals surface area contributed by atoms with Crippen molar-refractivity contribution in [2.75, 3.05) is 33.3 Å². The topological polar surface area (TPSA) is 94.0 Å². The molecule has 0 aliphatic carbocycles.